The molecule has 0 bridgehead atoms. The molecule has 0 atom stereocenters. The first-order valence-electron chi connectivity index (χ1n) is 8.00. The van der Waals surface area contributed by atoms with E-state index in [9.17, 15) is 4.79 Å². The second kappa shape index (κ2) is 13.4. The maximum atomic E-state index is 10.2. The van der Waals surface area contributed by atoms with E-state index in [2.05, 4.69) is 49.9 Å². The van der Waals surface area contributed by atoms with E-state index in [-0.39, 0.29) is 5.91 Å². The average Bonchev–Trinajstić information content (AvgIpc) is 2.40. The Hall–Kier alpha value is -0.610. The fourth-order valence-corrected chi connectivity index (χ4v) is 1.69. The highest BCUT2D eigenvalue weighted by atomic mass is 16.1. The summed E-state index contributed by atoms with van der Waals surface area (Å²) >= 11 is 0. The zero-order valence-electron chi connectivity index (χ0n) is 15.0. The number of nitrogens with zero attached hydrogens (tertiary/aromatic N) is 2. The molecule has 4 nitrogen and oxygen atoms in total. The molecule has 1 heterocycles. The van der Waals surface area contributed by atoms with Crippen LogP contribution in [0, 0.1) is 5.92 Å². The van der Waals surface area contributed by atoms with E-state index in [0.717, 1.165) is 12.6 Å². The smallest absolute Gasteiger partial charge is 0.216 e. The van der Waals surface area contributed by atoms with Crippen molar-refractivity contribution in [2.45, 2.75) is 54.5 Å². The van der Waals surface area contributed by atoms with Crippen LogP contribution in [-0.4, -0.2) is 61.5 Å². The number of rotatable bonds is 3. The molecular formula is C16H37N3O. The molecule has 1 N–H and O–H groups in total. The highest BCUT2D eigenvalue weighted by molar-refractivity contribution is 5.72. The van der Waals surface area contributed by atoms with Gasteiger partial charge in [0.25, 0.3) is 0 Å². The summed E-state index contributed by atoms with van der Waals surface area (Å²) < 4.78 is 0. The van der Waals surface area contributed by atoms with Gasteiger partial charge in [-0.2, -0.15) is 0 Å². The number of likely N-dealkylation sites (N-methyl/N-ethyl adjacent to an activating group) is 1. The van der Waals surface area contributed by atoms with Gasteiger partial charge in [-0.05, 0) is 26.8 Å². The summed E-state index contributed by atoms with van der Waals surface area (Å²) in [6, 6.07) is 0.730. The zero-order valence-corrected chi connectivity index (χ0v) is 15.0. The number of hydrogen-bond acceptors (Lipinski definition) is 3. The van der Waals surface area contributed by atoms with Crippen LogP contribution >= 0.6 is 0 Å². The topological polar surface area (TPSA) is 35.6 Å². The fourth-order valence-electron chi connectivity index (χ4n) is 1.69. The minimum atomic E-state index is 0.0544. The molecule has 1 saturated heterocycles. The number of carbonyl (C=O) groups excluding carboxylic acids is 1. The van der Waals surface area contributed by atoms with Crippen LogP contribution in [-0.2, 0) is 4.79 Å². The summed E-state index contributed by atoms with van der Waals surface area (Å²) in [6.07, 6.45) is 0. The van der Waals surface area contributed by atoms with Gasteiger partial charge in [0.15, 0.2) is 0 Å². The first-order chi connectivity index (χ1) is 9.32. The Balaban J connectivity index is 0. The second-order valence-electron chi connectivity index (χ2n) is 5.76. The van der Waals surface area contributed by atoms with Crippen molar-refractivity contribution in [3.63, 3.8) is 0 Å². The molecule has 1 amide bonds. The van der Waals surface area contributed by atoms with Gasteiger partial charge in [-0.1, -0.05) is 27.7 Å². The van der Waals surface area contributed by atoms with E-state index in [1.807, 2.05) is 13.8 Å². The lowest BCUT2D eigenvalue weighted by atomic mass is 10.2. The summed E-state index contributed by atoms with van der Waals surface area (Å²) in [6.45, 7) is 19.9. The van der Waals surface area contributed by atoms with E-state index in [4.69, 9.17) is 0 Å². The number of hydrogen-bond donors (Lipinski definition) is 1. The molecule has 0 aliphatic carbocycles. The molecule has 20 heavy (non-hydrogen) atoms. The number of carbonyl (C=O) groups is 1. The first-order valence-corrected chi connectivity index (χ1v) is 8.00. The van der Waals surface area contributed by atoms with E-state index in [1.54, 1.807) is 0 Å². The minimum absolute atomic E-state index is 0.0544. The Morgan fingerprint density at radius 1 is 1.05 bits per heavy atom. The molecular weight excluding hydrogens is 250 g/mol. The monoisotopic (exact) mass is 287 g/mol. The zero-order chi connectivity index (χ0) is 16.1. The van der Waals surface area contributed by atoms with Crippen LogP contribution in [0.25, 0.3) is 0 Å². The van der Waals surface area contributed by atoms with Gasteiger partial charge in [0.2, 0.25) is 5.91 Å². The van der Waals surface area contributed by atoms with E-state index >= 15 is 0 Å². The van der Waals surface area contributed by atoms with Crippen LogP contribution < -0.4 is 5.32 Å². The summed E-state index contributed by atoms with van der Waals surface area (Å²) in [5.41, 5.74) is 0. The predicted molar refractivity (Wildman–Crippen MR) is 89.1 cm³/mol. The molecule has 0 spiro atoms. The highest BCUT2D eigenvalue weighted by Crippen LogP contribution is 2.02. The Kier molecular flexibility index (Phi) is 14.5. The van der Waals surface area contributed by atoms with Crippen molar-refractivity contribution in [1.82, 2.24) is 15.1 Å². The third-order valence-corrected chi connectivity index (χ3v) is 3.03. The van der Waals surface area contributed by atoms with Crippen molar-refractivity contribution >= 4 is 5.91 Å². The molecule has 0 aromatic heterocycles. The van der Waals surface area contributed by atoms with Crippen molar-refractivity contribution in [2.24, 2.45) is 5.92 Å². The fraction of sp³-hybridized carbons (Fsp3) is 0.938. The Labute approximate surface area is 126 Å². The first kappa shape index (κ1) is 21.7. The van der Waals surface area contributed by atoms with Crippen molar-refractivity contribution in [3.8, 4) is 0 Å². The third kappa shape index (κ3) is 13.8. The van der Waals surface area contributed by atoms with Gasteiger partial charge in [-0.25, -0.2) is 0 Å². The molecule has 0 aromatic rings. The van der Waals surface area contributed by atoms with Crippen molar-refractivity contribution in [2.75, 3.05) is 39.8 Å². The summed E-state index contributed by atoms with van der Waals surface area (Å²) in [4.78, 5) is 15.2. The van der Waals surface area contributed by atoms with E-state index < -0.39 is 0 Å². The number of amides is 1. The molecule has 0 unspecified atom stereocenters. The predicted octanol–water partition coefficient (Wildman–Crippen LogP) is 2.45. The average molecular weight is 287 g/mol. The molecule has 0 aromatic carbocycles. The molecule has 1 aliphatic rings. The Morgan fingerprint density at radius 3 is 1.75 bits per heavy atom. The van der Waals surface area contributed by atoms with Crippen molar-refractivity contribution in [3.05, 3.63) is 0 Å². The van der Waals surface area contributed by atoms with Crippen LogP contribution in [0.1, 0.15) is 48.5 Å². The van der Waals surface area contributed by atoms with Crippen LogP contribution in [0.5, 0.6) is 0 Å². The molecule has 1 rings (SSSR count). The Bertz CT molecular complexity index is 222. The van der Waals surface area contributed by atoms with Crippen LogP contribution in [0.15, 0.2) is 0 Å². The van der Waals surface area contributed by atoms with Crippen molar-refractivity contribution < 1.29 is 4.79 Å². The minimum Gasteiger partial charge on any atom is -0.356 e. The maximum absolute atomic E-state index is 10.2. The van der Waals surface area contributed by atoms with E-state index in [0.29, 0.717) is 5.92 Å². The second-order valence-corrected chi connectivity index (χ2v) is 5.76. The van der Waals surface area contributed by atoms with Crippen molar-refractivity contribution in [1.29, 1.82) is 0 Å². The summed E-state index contributed by atoms with van der Waals surface area (Å²) in [5, 5.41) is 2.71. The quantitative estimate of drug-likeness (QED) is 0.866. The van der Waals surface area contributed by atoms with Gasteiger partial charge in [0, 0.05) is 45.7 Å². The van der Waals surface area contributed by atoms with Gasteiger partial charge in [0.05, 0.1) is 0 Å². The molecule has 1 aliphatic heterocycles. The van der Waals surface area contributed by atoms with Gasteiger partial charge < -0.3 is 10.2 Å². The molecule has 1 fully saturated rings. The largest absolute Gasteiger partial charge is 0.356 e. The molecule has 4 heteroatoms. The van der Waals surface area contributed by atoms with Crippen LogP contribution in [0.4, 0.5) is 0 Å². The standard InChI is InChI=1S/C8H18N2.C6H13NO.C2H6/c1-8(2)10-6-4-9(3)5-7-10;1-5(2)4-7-6(3)8;1-2/h8H,4-7H2,1-3H3;5H,4H2,1-3H3,(H,7,8);1-2H3. The number of nitrogens with one attached hydrogen (secondary N) is 1. The summed E-state index contributed by atoms with van der Waals surface area (Å²) in [5.74, 6) is 0.609. The maximum Gasteiger partial charge on any atom is 0.216 e. The lowest BCUT2D eigenvalue weighted by Crippen LogP contribution is -2.47. The Morgan fingerprint density at radius 2 is 1.50 bits per heavy atom. The van der Waals surface area contributed by atoms with Crippen LogP contribution in [0.3, 0.4) is 0 Å². The lowest BCUT2D eigenvalue weighted by molar-refractivity contribution is -0.119. The SMILES string of the molecule is CC.CC(=O)NCC(C)C.CC(C)N1CCN(C)CC1. The molecule has 0 radical (unpaired) electrons. The van der Waals surface area contributed by atoms with Gasteiger partial charge in [0.1, 0.15) is 0 Å². The molecule has 122 valence electrons. The lowest BCUT2D eigenvalue weighted by Gasteiger charge is -2.34. The van der Waals surface area contributed by atoms with Crippen LogP contribution in [0.2, 0.25) is 0 Å². The van der Waals surface area contributed by atoms with Gasteiger partial charge >= 0.3 is 0 Å². The number of piperazine rings is 1. The normalized spacial score (nSPS) is 16.1. The van der Waals surface area contributed by atoms with Gasteiger partial charge in [-0.3, -0.25) is 9.69 Å². The third-order valence-electron chi connectivity index (χ3n) is 3.03. The highest BCUT2D eigenvalue weighted by Gasteiger charge is 2.15. The van der Waals surface area contributed by atoms with Gasteiger partial charge in [-0.15, -0.1) is 0 Å². The molecule has 0 saturated carbocycles. The summed E-state index contributed by atoms with van der Waals surface area (Å²) in [7, 11) is 2.19. The van der Waals surface area contributed by atoms with E-state index in [1.165, 1.54) is 33.1 Å².